The van der Waals surface area contributed by atoms with Crippen molar-refractivity contribution in [1.29, 1.82) is 0 Å². The maximum absolute atomic E-state index is 11.7. The van der Waals surface area contributed by atoms with Gasteiger partial charge in [-0.3, -0.25) is 9.78 Å². The molecule has 1 heterocycles. The van der Waals surface area contributed by atoms with Gasteiger partial charge in [0.2, 0.25) is 0 Å². The average Bonchev–Trinajstić information content (AvgIpc) is 2.36. The van der Waals surface area contributed by atoms with Crippen LogP contribution in [-0.4, -0.2) is 23.6 Å². The van der Waals surface area contributed by atoms with Gasteiger partial charge in [0.15, 0.2) is 0 Å². The zero-order valence-electron chi connectivity index (χ0n) is 11.4. The Morgan fingerprint density at radius 1 is 1.50 bits per heavy atom. The first-order valence-electron chi connectivity index (χ1n) is 6.48. The van der Waals surface area contributed by atoms with Gasteiger partial charge < -0.3 is 10.1 Å². The largest absolute Gasteiger partial charge is 0.465 e. The van der Waals surface area contributed by atoms with Crippen LogP contribution in [0.1, 0.15) is 37.8 Å². The van der Waals surface area contributed by atoms with Crippen molar-refractivity contribution >= 4 is 5.97 Å². The molecule has 1 rings (SSSR count). The molecule has 0 aliphatic carbocycles. The number of ether oxygens (including phenoxy) is 1. The zero-order valence-corrected chi connectivity index (χ0v) is 11.4. The number of hydrogen-bond acceptors (Lipinski definition) is 4. The quantitative estimate of drug-likeness (QED) is 0.754. The van der Waals surface area contributed by atoms with Crippen LogP contribution in [0.3, 0.4) is 0 Å². The highest BCUT2D eigenvalue weighted by Gasteiger charge is 2.18. The average molecular weight is 250 g/mol. The number of carbonyl (C=O) groups excluding carboxylic acids is 1. The molecule has 1 aromatic rings. The van der Waals surface area contributed by atoms with E-state index in [2.05, 4.69) is 17.2 Å². The first kappa shape index (κ1) is 14.6. The monoisotopic (exact) mass is 250 g/mol. The second-order valence-electron chi connectivity index (χ2n) is 4.28. The van der Waals surface area contributed by atoms with Crippen LogP contribution < -0.4 is 5.32 Å². The number of rotatable bonds is 7. The van der Waals surface area contributed by atoms with Gasteiger partial charge in [0, 0.05) is 18.9 Å². The van der Waals surface area contributed by atoms with Crippen molar-refractivity contribution in [3.05, 3.63) is 29.6 Å². The molecule has 1 aromatic heterocycles. The summed E-state index contributed by atoms with van der Waals surface area (Å²) >= 11 is 0. The molecule has 0 amide bonds. The summed E-state index contributed by atoms with van der Waals surface area (Å²) in [6.07, 6.45) is 5.34. The topological polar surface area (TPSA) is 51.2 Å². The van der Waals surface area contributed by atoms with Crippen LogP contribution in [0.25, 0.3) is 0 Å². The summed E-state index contributed by atoms with van der Waals surface area (Å²) in [7, 11) is 0. The van der Waals surface area contributed by atoms with E-state index in [1.165, 1.54) is 0 Å². The summed E-state index contributed by atoms with van der Waals surface area (Å²) in [5.74, 6) is -0.161. The maximum Gasteiger partial charge on any atom is 0.323 e. The number of pyridine rings is 1. The van der Waals surface area contributed by atoms with Crippen LogP contribution >= 0.6 is 0 Å². The van der Waals surface area contributed by atoms with Crippen molar-refractivity contribution in [2.45, 2.75) is 46.2 Å². The minimum absolute atomic E-state index is 0.161. The van der Waals surface area contributed by atoms with Crippen LogP contribution in [0, 0.1) is 6.92 Å². The Hall–Kier alpha value is -1.42. The van der Waals surface area contributed by atoms with E-state index in [-0.39, 0.29) is 12.0 Å². The predicted octanol–water partition coefficient (Wildman–Crippen LogP) is 2.21. The molecule has 1 N–H and O–H groups in total. The number of esters is 1. The van der Waals surface area contributed by atoms with Crippen molar-refractivity contribution in [3.8, 4) is 0 Å². The molecule has 0 saturated heterocycles. The molecule has 0 aliphatic heterocycles. The number of nitrogens with zero attached hydrogens (tertiary/aromatic N) is 1. The van der Waals surface area contributed by atoms with Gasteiger partial charge in [-0.25, -0.2) is 0 Å². The summed E-state index contributed by atoms with van der Waals surface area (Å²) in [5, 5.41) is 3.26. The molecule has 0 saturated carbocycles. The molecule has 1 unspecified atom stereocenters. The lowest BCUT2D eigenvalue weighted by atomic mass is 10.1. The van der Waals surface area contributed by atoms with Crippen LogP contribution in [0.4, 0.5) is 0 Å². The number of carbonyl (C=O) groups is 1. The fraction of sp³-hybridized carbons (Fsp3) is 0.571. The Kier molecular flexibility index (Phi) is 6.36. The Balaban J connectivity index is 2.57. The van der Waals surface area contributed by atoms with Crippen molar-refractivity contribution in [1.82, 2.24) is 10.3 Å². The van der Waals surface area contributed by atoms with E-state index in [0.717, 1.165) is 24.0 Å². The van der Waals surface area contributed by atoms with Gasteiger partial charge in [-0.15, -0.1) is 0 Å². The fourth-order valence-electron chi connectivity index (χ4n) is 1.77. The third-order valence-corrected chi connectivity index (χ3v) is 2.82. The van der Waals surface area contributed by atoms with E-state index in [0.29, 0.717) is 13.2 Å². The molecule has 0 spiro atoms. The summed E-state index contributed by atoms with van der Waals surface area (Å²) in [6.45, 7) is 7.00. The van der Waals surface area contributed by atoms with E-state index in [9.17, 15) is 4.79 Å². The Bertz CT molecular complexity index is 380. The van der Waals surface area contributed by atoms with Gasteiger partial charge in [-0.1, -0.05) is 13.3 Å². The number of aryl methyl sites for hydroxylation is 1. The highest BCUT2D eigenvalue weighted by Crippen LogP contribution is 2.07. The second kappa shape index (κ2) is 7.82. The highest BCUT2D eigenvalue weighted by molar-refractivity contribution is 5.75. The van der Waals surface area contributed by atoms with Gasteiger partial charge in [-0.05, 0) is 37.5 Å². The Morgan fingerprint density at radius 3 is 2.89 bits per heavy atom. The molecule has 4 nitrogen and oxygen atoms in total. The molecule has 0 aromatic carbocycles. The van der Waals surface area contributed by atoms with Gasteiger partial charge in [-0.2, -0.15) is 0 Å². The van der Waals surface area contributed by atoms with Gasteiger partial charge in [0.05, 0.1) is 6.61 Å². The first-order valence-corrected chi connectivity index (χ1v) is 6.48. The molecule has 4 heteroatoms. The molecule has 0 fully saturated rings. The summed E-state index contributed by atoms with van der Waals surface area (Å²) in [5.41, 5.74) is 2.29. The Labute approximate surface area is 109 Å². The number of aromatic nitrogens is 1. The van der Waals surface area contributed by atoms with Crippen LogP contribution in [0.5, 0.6) is 0 Å². The van der Waals surface area contributed by atoms with E-state index >= 15 is 0 Å². The Morgan fingerprint density at radius 2 is 2.28 bits per heavy atom. The lowest BCUT2D eigenvalue weighted by Crippen LogP contribution is -2.37. The third kappa shape index (κ3) is 4.45. The van der Waals surface area contributed by atoms with Crippen molar-refractivity contribution in [2.24, 2.45) is 0 Å². The summed E-state index contributed by atoms with van der Waals surface area (Å²) in [6, 6.07) is 1.75. The smallest absolute Gasteiger partial charge is 0.323 e. The molecule has 18 heavy (non-hydrogen) atoms. The van der Waals surface area contributed by atoms with Crippen molar-refractivity contribution < 1.29 is 9.53 Å². The highest BCUT2D eigenvalue weighted by atomic mass is 16.5. The van der Waals surface area contributed by atoms with Gasteiger partial charge in [0.1, 0.15) is 6.04 Å². The molecule has 0 radical (unpaired) electrons. The molecular formula is C14H22N2O2. The van der Waals surface area contributed by atoms with Crippen molar-refractivity contribution in [3.63, 3.8) is 0 Å². The minimum Gasteiger partial charge on any atom is -0.465 e. The molecule has 0 bridgehead atoms. The molecule has 1 atom stereocenters. The zero-order chi connectivity index (χ0) is 13.4. The second-order valence-corrected chi connectivity index (χ2v) is 4.28. The predicted molar refractivity (Wildman–Crippen MR) is 71.1 cm³/mol. The summed E-state index contributed by atoms with van der Waals surface area (Å²) in [4.78, 5) is 15.8. The molecule has 100 valence electrons. The van der Waals surface area contributed by atoms with Crippen LogP contribution in [0.15, 0.2) is 18.5 Å². The lowest BCUT2D eigenvalue weighted by molar-refractivity contribution is -0.145. The molecule has 0 aliphatic rings. The van der Waals surface area contributed by atoms with E-state index in [1.54, 1.807) is 6.20 Å². The minimum atomic E-state index is -0.220. The maximum atomic E-state index is 11.7. The van der Waals surface area contributed by atoms with E-state index < -0.39 is 0 Å². The fourth-order valence-corrected chi connectivity index (χ4v) is 1.77. The third-order valence-electron chi connectivity index (χ3n) is 2.82. The normalized spacial score (nSPS) is 12.2. The summed E-state index contributed by atoms with van der Waals surface area (Å²) < 4.78 is 5.06. The SMILES string of the molecule is CCCC(NCc1ccncc1C)C(=O)OCC. The van der Waals surface area contributed by atoms with Crippen LogP contribution in [0.2, 0.25) is 0 Å². The molecular weight excluding hydrogens is 228 g/mol. The van der Waals surface area contributed by atoms with Gasteiger partial charge in [0.25, 0.3) is 0 Å². The van der Waals surface area contributed by atoms with Gasteiger partial charge >= 0.3 is 5.97 Å². The first-order chi connectivity index (χ1) is 8.69. The lowest BCUT2D eigenvalue weighted by Gasteiger charge is -2.17. The standard InChI is InChI=1S/C14H22N2O2/c1-4-6-13(14(17)18-5-2)16-10-12-7-8-15-9-11(12)3/h7-9,13,16H,4-6,10H2,1-3H3. The van der Waals surface area contributed by atoms with Crippen molar-refractivity contribution in [2.75, 3.05) is 6.61 Å². The van der Waals surface area contributed by atoms with E-state index in [1.807, 2.05) is 26.1 Å². The number of nitrogens with one attached hydrogen (secondary N) is 1. The van der Waals surface area contributed by atoms with E-state index in [4.69, 9.17) is 4.74 Å². The number of hydrogen-bond donors (Lipinski definition) is 1. The van der Waals surface area contributed by atoms with Crippen LogP contribution in [-0.2, 0) is 16.1 Å².